The van der Waals surface area contributed by atoms with Crippen molar-refractivity contribution < 1.29 is 13.9 Å². The Balaban J connectivity index is 2.66. The number of nitrogens with zero attached hydrogens (tertiary/aromatic N) is 1. The molecule has 0 heterocycles. The minimum absolute atomic E-state index is 0.117. The van der Waals surface area contributed by atoms with Crippen LogP contribution in [0.5, 0.6) is 0 Å². The highest BCUT2D eigenvalue weighted by Crippen LogP contribution is 2.14. The molecule has 0 fully saturated rings. The molecule has 94 valence electrons. The van der Waals surface area contributed by atoms with Gasteiger partial charge in [-0.1, -0.05) is 0 Å². The van der Waals surface area contributed by atoms with Gasteiger partial charge in [0.25, 0.3) is 0 Å². The summed E-state index contributed by atoms with van der Waals surface area (Å²) in [6.45, 7) is 0.291. The van der Waals surface area contributed by atoms with E-state index >= 15 is 0 Å². The fourth-order valence-corrected chi connectivity index (χ4v) is 1.40. The van der Waals surface area contributed by atoms with Gasteiger partial charge >= 0.3 is 0 Å². The lowest BCUT2D eigenvalue weighted by molar-refractivity contribution is -0.120. The molecule has 4 nitrogen and oxygen atoms in total. The molecule has 0 aliphatic carbocycles. The minimum atomic E-state index is -0.327. The van der Waals surface area contributed by atoms with E-state index in [1.165, 1.54) is 24.1 Å². The maximum absolute atomic E-state index is 12.7. The monoisotopic (exact) mass is 240 g/mol. The first-order chi connectivity index (χ1) is 8.08. The zero-order chi connectivity index (χ0) is 12.8. The van der Waals surface area contributed by atoms with Gasteiger partial charge in [-0.05, 0) is 24.3 Å². The van der Waals surface area contributed by atoms with Crippen LogP contribution in [0.25, 0.3) is 0 Å². The normalized spacial score (nSPS) is 12.2. The number of carbonyl (C=O) groups is 1. The van der Waals surface area contributed by atoms with Crippen LogP contribution in [-0.2, 0) is 9.53 Å². The number of anilines is 1. The number of amides is 1. The Hall–Kier alpha value is -1.46. The van der Waals surface area contributed by atoms with Crippen molar-refractivity contribution in [2.75, 3.05) is 25.6 Å². The van der Waals surface area contributed by atoms with Gasteiger partial charge in [0.2, 0.25) is 5.91 Å². The summed E-state index contributed by atoms with van der Waals surface area (Å²) in [5, 5.41) is 0. The Morgan fingerprint density at radius 3 is 2.53 bits per heavy atom. The van der Waals surface area contributed by atoms with Gasteiger partial charge in [-0.2, -0.15) is 0 Å². The standard InChI is InChI=1S/C12H17FN2O2/c1-15(10-5-3-9(13)4-6-10)12(16)7-11(8-14)17-2/h3-6,11H,7-8,14H2,1-2H3. The van der Waals surface area contributed by atoms with Crippen molar-refractivity contribution in [2.45, 2.75) is 12.5 Å². The molecular formula is C12H17FN2O2. The number of benzene rings is 1. The Morgan fingerprint density at radius 2 is 2.06 bits per heavy atom. The predicted molar refractivity (Wildman–Crippen MR) is 64.3 cm³/mol. The molecule has 1 atom stereocenters. The lowest BCUT2D eigenvalue weighted by atomic mass is 10.2. The Bertz CT molecular complexity index is 363. The van der Waals surface area contributed by atoms with Crippen molar-refractivity contribution in [3.63, 3.8) is 0 Å². The molecule has 1 amide bonds. The van der Waals surface area contributed by atoms with Gasteiger partial charge < -0.3 is 15.4 Å². The van der Waals surface area contributed by atoms with Crippen molar-refractivity contribution in [3.8, 4) is 0 Å². The van der Waals surface area contributed by atoms with E-state index in [9.17, 15) is 9.18 Å². The van der Waals surface area contributed by atoms with Crippen LogP contribution in [0.4, 0.5) is 10.1 Å². The van der Waals surface area contributed by atoms with E-state index in [-0.39, 0.29) is 24.2 Å². The lowest BCUT2D eigenvalue weighted by Crippen LogP contribution is -2.33. The molecule has 0 radical (unpaired) electrons. The summed E-state index contributed by atoms with van der Waals surface area (Å²) in [5.41, 5.74) is 6.09. The molecule has 0 aliphatic rings. The second-order valence-electron chi connectivity index (χ2n) is 3.73. The average molecular weight is 240 g/mol. The van der Waals surface area contributed by atoms with Gasteiger partial charge in [0.15, 0.2) is 0 Å². The van der Waals surface area contributed by atoms with Crippen molar-refractivity contribution in [1.29, 1.82) is 0 Å². The van der Waals surface area contributed by atoms with Gasteiger partial charge in [0.1, 0.15) is 5.82 Å². The smallest absolute Gasteiger partial charge is 0.229 e. The first-order valence-corrected chi connectivity index (χ1v) is 5.33. The number of nitrogens with two attached hydrogens (primary N) is 1. The Morgan fingerprint density at radius 1 is 1.47 bits per heavy atom. The van der Waals surface area contributed by atoms with E-state index < -0.39 is 0 Å². The minimum Gasteiger partial charge on any atom is -0.380 e. The summed E-state index contributed by atoms with van der Waals surface area (Å²) in [6, 6.07) is 5.74. The number of ether oxygens (including phenoxy) is 1. The van der Waals surface area contributed by atoms with Gasteiger partial charge in [0.05, 0.1) is 12.5 Å². The fourth-order valence-electron chi connectivity index (χ4n) is 1.40. The zero-order valence-electron chi connectivity index (χ0n) is 10.0. The van der Waals surface area contributed by atoms with Crippen LogP contribution in [-0.4, -0.2) is 32.7 Å². The molecule has 0 saturated heterocycles. The Labute approximate surface area is 100 Å². The van der Waals surface area contributed by atoms with E-state index in [0.29, 0.717) is 12.2 Å². The highest BCUT2D eigenvalue weighted by molar-refractivity contribution is 5.93. The molecule has 0 spiro atoms. The van der Waals surface area contributed by atoms with E-state index in [2.05, 4.69) is 0 Å². The quantitative estimate of drug-likeness (QED) is 0.840. The summed E-state index contributed by atoms with van der Waals surface area (Å²) < 4.78 is 17.8. The third kappa shape index (κ3) is 3.80. The van der Waals surface area contributed by atoms with Crippen LogP contribution in [0.15, 0.2) is 24.3 Å². The summed E-state index contributed by atoms with van der Waals surface area (Å²) in [7, 11) is 3.15. The van der Waals surface area contributed by atoms with Gasteiger partial charge in [0, 0.05) is 26.4 Å². The summed E-state index contributed by atoms with van der Waals surface area (Å²) >= 11 is 0. The van der Waals surface area contributed by atoms with Crippen LogP contribution in [0.2, 0.25) is 0 Å². The van der Waals surface area contributed by atoms with E-state index in [1.54, 1.807) is 19.2 Å². The first-order valence-electron chi connectivity index (χ1n) is 5.33. The van der Waals surface area contributed by atoms with Crippen LogP contribution < -0.4 is 10.6 Å². The van der Waals surface area contributed by atoms with Gasteiger partial charge in [-0.3, -0.25) is 4.79 Å². The second kappa shape index (κ2) is 6.32. The Kier molecular flexibility index (Phi) is 5.06. The molecule has 17 heavy (non-hydrogen) atoms. The maximum atomic E-state index is 12.7. The fraction of sp³-hybridized carbons (Fsp3) is 0.417. The third-order valence-electron chi connectivity index (χ3n) is 2.59. The molecule has 1 rings (SSSR count). The SMILES string of the molecule is COC(CN)CC(=O)N(C)c1ccc(F)cc1. The number of halogens is 1. The molecular weight excluding hydrogens is 223 g/mol. The van der Waals surface area contributed by atoms with Crippen LogP contribution in [0.1, 0.15) is 6.42 Å². The highest BCUT2D eigenvalue weighted by Gasteiger charge is 2.16. The second-order valence-corrected chi connectivity index (χ2v) is 3.73. The molecule has 1 aromatic rings. The number of hydrogen-bond acceptors (Lipinski definition) is 3. The van der Waals surface area contributed by atoms with Crippen molar-refractivity contribution in [1.82, 2.24) is 0 Å². The van der Waals surface area contributed by atoms with Crippen LogP contribution >= 0.6 is 0 Å². The first kappa shape index (κ1) is 13.6. The number of methoxy groups -OCH3 is 1. The molecule has 5 heteroatoms. The maximum Gasteiger partial charge on any atom is 0.229 e. The van der Waals surface area contributed by atoms with Crippen molar-refractivity contribution in [3.05, 3.63) is 30.1 Å². The van der Waals surface area contributed by atoms with E-state index in [0.717, 1.165) is 0 Å². The summed E-state index contributed by atoms with van der Waals surface area (Å²) in [5.74, 6) is -0.444. The number of hydrogen-bond donors (Lipinski definition) is 1. The van der Waals surface area contributed by atoms with E-state index in [1.807, 2.05) is 0 Å². The largest absolute Gasteiger partial charge is 0.380 e. The summed E-state index contributed by atoms with van der Waals surface area (Å²) in [4.78, 5) is 13.3. The topological polar surface area (TPSA) is 55.6 Å². The number of rotatable bonds is 5. The van der Waals surface area contributed by atoms with Crippen molar-refractivity contribution >= 4 is 11.6 Å². The summed E-state index contributed by atoms with van der Waals surface area (Å²) in [6.07, 6.45) is -0.0775. The van der Waals surface area contributed by atoms with Gasteiger partial charge in [-0.15, -0.1) is 0 Å². The number of carbonyl (C=O) groups excluding carboxylic acids is 1. The van der Waals surface area contributed by atoms with Crippen molar-refractivity contribution in [2.24, 2.45) is 5.73 Å². The van der Waals surface area contributed by atoms with Crippen LogP contribution in [0.3, 0.4) is 0 Å². The van der Waals surface area contributed by atoms with E-state index in [4.69, 9.17) is 10.5 Å². The molecule has 1 aromatic carbocycles. The van der Waals surface area contributed by atoms with Crippen LogP contribution in [0, 0.1) is 5.82 Å². The molecule has 0 aliphatic heterocycles. The predicted octanol–water partition coefficient (Wildman–Crippen LogP) is 1.15. The molecule has 0 aromatic heterocycles. The van der Waals surface area contributed by atoms with Gasteiger partial charge in [-0.25, -0.2) is 4.39 Å². The lowest BCUT2D eigenvalue weighted by Gasteiger charge is -2.20. The highest BCUT2D eigenvalue weighted by atomic mass is 19.1. The molecule has 0 saturated carbocycles. The molecule has 0 bridgehead atoms. The molecule has 1 unspecified atom stereocenters. The zero-order valence-corrected chi connectivity index (χ0v) is 10.0. The molecule has 2 N–H and O–H groups in total. The third-order valence-corrected chi connectivity index (χ3v) is 2.59. The average Bonchev–Trinajstić information content (AvgIpc) is 2.35.